The van der Waals surface area contributed by atoms with Crippen LogP contribution in [0.5, 0.6) is 5.75 Å². The van der Waals surface area contributed by atoms with Crippen LogP contribution in [0.2, 0.25) is 0 Å². The van der Waals surface area contributed by atoms with Gasteiger partial charge in [0, 0.05) is 0 Å². The molecule has 0 spiro atoms. The number of amides is 1. The molecule has 1 N–H and O–H groups in total. The Morgan fingerprint density at radius 3 is 2.57 bits per heavy atom. The first kappa shape index (κ1) is 15.4. The summed E-state index contributed by atoms with van der Waals surface area (Å²) in [4.78, 5) is 12.4. The van der Waals surface area contributed by atoms with Gasteiger partial charge >= 0.3 is 0 Å². The fourth-order valence-corrected chi connectivity index (χ4v) is 2.54. The van der Waals surface area contributed by atoms with E-state index in [4.69, 9.17) is 4.74 Å². The molecule has 1 heterocycles. The number of nitrogens with zero attached hydrogens (tertiary/aromatic N) is 2. The van der Waals surface area contributed by atoms with Gasteiger partial charge in [-0.3, -0.25) is 4.79 Å². The topological polar surface area (TPSA) is 64.1 Å². The maximum Gasteiger partial charge on any atom is 0.255 e. The predicted octanol–water partition coefficient (Wildman–Crippen LogP) is 3.12. The van der Waals surface area contributed by atoms with Crippen molar-refractivity contribution in [1.29, 1.82) is 0 Å². The number of aromatic nitrogens is 2. The van der Waals surface area contributed by atoms with Gasteiger partial charge in [-0.1, -0.05) is 23.5 Å². The number of ether oxygens (including phenoxy) is 1. The zero-order chi connectivity index (χ0) is 15.4. The van der Waals surface area contributed by atoms with Crippen LogP contribution in [0.4, 0.5) is 0 Å². The van der Waals surface area contributed by atoms with E-state index in [1.54, 1.807) is 12.1 Å². The van der Waals surface area contributed by atoms with Crippen molar-refractivity contribution in [3.63, 3.8) is 0 Å². The second-order valence-corrected chi connectivity index (χ2v) is 6.23. The van der Waals surface area contributed by atoms with Crippen LogP contribution in [0.15, 0.2) is 24.3 Å². The minimum absolute atomic E-state index is 0.0159. The highest BCUT2D eigenvalue weighted by atomic mass is 32.1. The lowest BCUT2D eigenvalue weighted by atomic mass is 10.1. The molecule has 0 radical (unpaired) electrons. The van der Waals surface area contributed by atoms with Crippen molar-refractivity contribution in [3.05, 3.63) is 39.8 Å². The van der Waals surface area contributed by atoms with Crippen LogP contribution in [-0.4, -0.2) is 22.2 Å². The van der Waals surface area contributed by atoms with Crippen LogP contribution in [0, 0.1) is 6.92 Å². The minimum atomic E-state index is -0.184. The van der Waals surface area contributed by atoms with E-state index in [-0.39, 0.29) is 18.1 Å². The van der Waals surface area contributed by atoms with Gasteiger partial charge in [-0.15, -0.1) is 10.2 Å². The minimum Gasteiger partial charge on any atom is -0.490 e. The Morgan fingerprint density at radius 1 is 1.24 bits per heavy atom. The zero-order valence-corrected chi connectivity index (χ0v) is 13.4. The van der Waals surface area contributed by atoms with Crippen molar-refractivity contribution >= 4 is 17.2 Å². The summed E-state index contributed by atoms with van der Waals surface area (Å²) in [5, 5.41) is 12.6. The number of hydrogen-bond acceptors (Lipinski definition) is 5. The highest BCUT2D eigenvalue weighted by molar-refractivity contribution is 7.11. The van der Waals surface area contributed by atoms with Crippen molar-refractivity contribution in [1.82, 2.24) is 15.5 Å². The SMILES string of the molecule is Cc1nnc(C(C)NC(=O)c2ccccc2OC(C)C)s1. The molecule has 0 aliphatic rings. The van der Waals surface area contributed by atoms with E-state index < -0.39 is 0 Å². The number of carbonyl (C=O) groups is 1. The maximum absolute atomic E-state index is 12.4. The van der Waals surface area contributed by atoms with Gasteiger partial charge in [-0.05, 0) is 39.8 Å². The summed E-state index contributed by atoms with van der Waals surface area (Å²) in [5.41, 5.74) is 0.527. The lowest BCUT2D eigenvalue weighted by Gasteiger charge is -2.15. The largest absolute Gasteiger partial charge is 0.490 e. The molecule has 21 heavy (non-hydrogen) atoms. The number of para-hydroxylation sites is 1. The average molecular weight is 305 g/mol. The lowest BCUT2D eigenvalue weighted by Crippen LogP contribution is -2.27. The molecular formula is C15H19N3O2S. The summed E-state index contributed by atoms with van der Waals surface area (Å²) in [7, 11) is 0. The Bertz CT molecular complexity index is 625. The third-order valence-electron chi connectivity index (χ3n) is 2.75. The fraction of sp³-hybridized carbons (Fsp3) is 0.400. The van der Waals surface area contributed by atoms with Crippen LogP contribution in [0.25, 0.3) is 0 Å². The highest BCUT2D eigenvalue weighted by Gasteiger charge is 2.18. The van der Waals surface area contributed by atoms with E-state index in [0.717, 1.165) is 10.0 Å². The van der Waals surface area contributed by atoms with E-state index in [9.17, 15) is 4.79 Å². The van der Waals surface area contributed by atoms with Gasteiger partial charge in [0.1, 0.15) is 15.8 Å². The van der Waals surface area contributed by atoms with Gasteiger partial charge in [0.15, 0.2) is 0 Å². The Hall–Kier alpha value is -1.95. The third-order valence-corrected chi connectivity index (χ3v) is 3.78. The molecule has 0 aliphatic carbocycles. The number of carbonyl (C=O) groups excluding carboxylic acids is 1. The second kappa shape index (κ2) is 6.67. The van der Waals surface area contributed by atoms with Crippen LogP contribution < -0.4 is 10.1 Å². The lowest BCUT2D eigenvalue weighted by molar-refractivity contribution is 0.0934. The normalized spacial score (nSPS) is 12.2. The maximum atomic E-state index is 12.4. The molecule has 1 unspecified atom stereocenters. The molecule has 0 saturated carbocycles. The molecule has 1 aromatic heterocycles. The third kappa shape index (κ3) is 4.01. The summed E-state index contributed by atoms with van der Waals surface area (Å²) < 4.78 is 5.67. The van der Waals surface area contributed by atoms with Crippen LogP contribution in [0.1, 0.15) is 47.2 Å². The van der Waals surface area contributed by atoms with E-state index in [2.05, 4.69) is 15.5 Å². The zero-order valence-electron chi connectivity index (χ0n) is 12.6. The first-order valence-electron chi connectivity index (χ1n) is 6.84. The Morgan fingerprint density at radius 2 is 1.95 bits per heavy atom. The Balaban J connectivity index is 2.13. The molecule has 2 rings (SSSR count). The van der Waals surface area contributed by atoms with E-state index >= 15 is 0 Å². The van der Waals surface area contributed by atoms with Crippen LogP contribution in [-0.2, 0) is 0 Å². The van der Waals surface area contributed by atoms with E-state index in [1.807, 2.05) is 39.8 Å². The van der Waals surface area contributed by atoms with Crippen molar-refractivity contribution < 1.29 is 9.53 Å². The molecule has 112 valence electrons. The second-order valence-electron chi connectivity index (χ2n) is 5.02. The number of hydrogen-bond donors (Lipinski definition) is 1. The number of aryl methyl sites for hydroxylation is 1. The molecule has 5 nitrogen and oxygen atoms in total. The van der Waals surface area contributed by atoms with Crippen molar-refractivity contribution in [3.8, 4) is 5.75 Å². The monoisotopic (exact) mass is 305 g/mol. The quantitative estimate of drug-likeness (QED) is 0.922. The first-order valence-corrected chi connectivity index (χ1v) is 7.65. The van der Waals surface area contributed by atoms with Gasteiger partial charge in [0.2, 0.25) is 0 Å². The van der Waals surface area contributed by atoms with Gasteiger partial charge in [-0.25, -0.2) is 0 Å². The predicted molar refractivity (Wildman–Crippen MR) is 82.7 cm³/mol. The molecule has 1 aromatic carbocycles. The fourth-order valence-electron chi connectivity index (χ4n) is 1.83. The van der Waals surface area contributed by atoms with Gasteiger partial charge in [-0.2, -0.15) is 0 Å². The van der Waals surface area contributed by atoms with Crippen molar-refractivity contribution in [2.75, 3.05) is 0 Å². The number of rotatable bonds is 5. The molecule has 0 bridgehead atoms. The van der Waals surface area contributed by atoms with Crippen molar-refractivity contribution in [2.45, 2.75) is 39.8 Å². The highest BCUT2D eigenvalue weighted by Crippen LogP contribution is 2.22. The molecule has 6 heteroatoms. The molecule has 1 atom stereocenters. The van der Waals surface area contributed by atoms with Gasteiger partial charge < -0.3 is 10.1 Å². The molecule has 1 amide bonds. The Kier molecular flexibility index (Phi) is 4.90. The van der Waals surface area contributed by atoms with Crippen molar-refractivity contribution in [2.24, 2.45) is 0 Å². The van der Waals surface area contributed by atoms with Gasteiger partial charge in [0.05, 0.1) is 17.7 Å². The van der Waals surface area contributed by atoms with E-state index in [1.165, 1.54) is 11.3 Å². The molecule has 0 saturated heterocycles. The summed E-state index contributed by atoms with van der Waals surface area (Å²) >= 11 is 1.48. The van der Waals surface area contributed by atoms with Crippen LogP contribution in [0.3, 0.4) is 0 Å². The van der Waals surface area contributed by atoms with Crippen LogP contribution >= 0.6 is 11.3 Å². The molecule has 0 fully saturated rings. The molecule has 0 aliphatic heterocycles. The average Bonchev–Trinajstić information content (AvgIpc) is 2.85. The number of benzene rings is 1. The van der Waals surface area contributed by atoms with E-state index in [0.29, 0.717) is 11.3 Å². The summed E-state index contributed by atoms with van der Waals surface area (Å²) in [6.45, 7) is 7.65. The molecular weight excluding hydrogens is 286 g/mol. The molecule has 2 aromatic rings. The Labute approximate surface area is 128 Å². The number of nitrogens with one attached hydrogen (secondary N) is 1. The smallest absolute Gasteiger partial charge is 0.255 e. The van der Waals surface area contributed by atoms with Gasteiger partial charge in [0.25, 0.3) is 5.91 Å². The standard InChI is InChI=1S/C15H19N3O2S/c1-9(2)20-13-8-6-5-7-12(13)14(19)16-10(3)15-18-17-11(4)21-15/h5-10H,1-4H3,(H,16,19). The summed E-state index contributed by atoms with van der Waals surface area (Å²) in [5.74, 6) is 0.414. The first-order chi connectivity index (χ1) is 9.97. The summed E-state index contributed by atoms with van der Waals surface area (Å²) in [6.07, 6.45) is 0.0159. The summed E-state index contributed by atoms with van der Waals surface area (Å²) in [6, 6.07) is 7.05.